The summed E-state index contributed by atoms with van der Waals surface area (Å²) in [5.74, 6) is -0.155. The number of carbonyl (C=O) groups excluding carboxylic acids is 2. The summed E-state index contributed by atoms with van der Waals surface area (Å²) in [6, 6.07) is 12.0. The number of amides is 2. The Bertz CT molecular complexity index is 1060. The van der Waals surface area contributed by atoms with Crippen LogP contribution in [0.15, 0.2) is 41.3 Å². The fourth-order valence-electron chi connectivity index (χ4n) is 4.33. The van der Waals surface area contributed by atoms with Crippen LogP contribution in [0.25, 0.3) is 16.8 Å². The minimum atomic E-state index is -0.683. The van der Waals surface area contributed by atoms with Gasteiger partial charge >= 0.3 is 5.97 Å². The van der Waals surface area contributed by atoms with Crippen LogP contribution < -0.4 is 10.1 Å². The molecule has 1 heterocycles. The van der Waals surface area contributed by atoms with Gasteiger partial charge < -0.3 is 9.84 Å². The molecule has 2 aromatic carbocycles. The molecule has 2 amide bonds. The van der Waals surface area contributed by atoms with E-state index in [-0.39, 0.29) is 11.1 Å². The monoisotopic (exact) mass is 511 g/mol. The predicted molar refractivity (Wildman–Crippen MR) is 146 cm³/mol. The number of rotatable bonds is 17. The second kappa shape index (κ2) is 15.3. The van der Waals surface area contributed by atoms with E-state index in [0.717, 1.165) is 66.1 Å². The van der Waals surface area contributed by atoms with Crippen molar-refractivity contribution in [3.05, 3.63) is 46.9 Å². The molecule has 0 spiro atoms. The zero-order valence-corrected chi connectivity index (χ0v) is 21.7. The lowest BCUT2D eigenvalue weighted by Gasteiger charge is -2.08. The molecule has 36 heavy (non-hydrogen) atoms. The average Bonchev–Trinajstić information content (AvgIpc) is 3.17. The summed E-state index contributed by atoms with van der Waals surface area (Å²) >= 11 is 0.927. The first-order chi connectivity index (χ1) is 17.5. The third kappa shape index (κ3) is 10.1. The van der Waals surface area contributed by atoms with Crippen molar-refractivity contribution in [3.8, 4) is 5.75 Å². The van der Waals surface area contributed by atoms with E-state index in [2.05, 4.69) is 5.32 Å². The molecule has 7 heteroatoms. The number of aliphatic carboxylic acids is 1. The molecular formula is C29H37NO5S. The quantitative estimate of drug-likeness (QED) is 0.167. The lowest BCUT2D eigenvalue weighted by molar-refractivity contribution is -0.137. The van der Waals surface area contributed by atoms with Crippen LogP contribution in [0.2, 0.25) is 0 Å². The van der Waals surface area contributed by atoms with Crippen LogP contribution >= 0.6 is 11.8 Å². The standard InChI is InChI=1S/C29H37NO5S/c31-27(32)13-11-9-7-5-3-1-2-4-6-8-10-12-18-35-25-17-16-23-19-22(14-15-24(23)21-25)20-26-28(33)30-29(34)36-26/h14-17,19-21H,1-13,18H2,(H,31,32)(H,30,33,34)/b26-20+. The Balaban J connectivity index is 1.24. The second-order valence-corrected chi connectivity index (χ2v) is 10.4. The summed E-state index contributed by atoms with van der Waals surface area (Å²) in [4.78, 5) is 33.9. The van der Waals surface area contributed by atoms with Crippen LogP contribution in [0.3, 0.4) is 0 Å². The van der Waals surface area contributed by atoms with Crippen molar-refractivity contribution in [2.75, 3.05) is 6.61 Å². The number of fused-ring (bicyclic) bond motifs is 1. The van der Waals surface area contributed by atoms with Crippen LogP contribution in [-0.4, -0.2) is 28.8 Å². The first-order valence-corrected chi connectivity index (χ1v) is 14.0. The number of hydrogen-bond donors (Lipinski definition) is 2. The zero-order chi connectivity index (χ0) is 25.6. The van der Waals surface area contributed by atoms with Crippen LogP contribution in [0.4, 0.5) is 4.79 Å². The normalized spacial score (nSPS) is 14.5. The molecule has 6 nitrogen and oxygen atoms in total. The van der Waals surface area contributed by atoms with E-state index in [1.165, 1.54) is 51.4 Å². The van der Waals surface area contributed by atoms with E-state index in [1.807, 2.05) is 36.4 Å². The number of carboxylic acids is 1. The lowest BCUT2D eigenvalue weighted by atomic mass is 10.0. The molecule has 0 bridgehead atoms. The molecule has 0 radical (unpaired) electrons. The van der Waals surface area contributed by atoms with E-state index in [4.69, 9.17) is 9.84 Å². The van der Waals surface area contributed by atoms with Crippen LogP contribution in [0.1, 0.15) is 89.0 Å². The highest BCUT2D eigenvalue weighted by molar-refractivity contribution is 8.18. The summed E-state index contributed by atoms with van der Waals surface area (Å²) in [6.07, 6.45) is 16.2. The molecule has 2 aromatic rings. The number of unbranched alkanes of at least 4 members (excludes halogenated alkanes) is 11. The van der Waals surface area contributed by atoms with E-state index in [9.17, 15) is 14.4 Å². The van der Waals surface area contributed by atoms with E-state index < -0.39 is 5.97 Å². The third-order valence-corrected chi connectivity index (χ3v) is 7.14. The van der Waals surface area contributed by atoms with Crippen molar-refractivity contribution in [1.82, 2.24) is 5.32 Å². The summed E-state index contributed by atoms with van der Waals surface area (Å²) < 4.78 is 5.95. The van der Waals surface area contributed by atoms with Crippen molar-refractivity contribution >= 4 is 45.7 Å². The minimum absolute atomic E-state index is 0.306. The number of thioether (sulfide) groups is 1. The Labute approximate surface area is 217 Å². The SMILES string of the molecule is O=C(O)CCCCCCCCCCCCCCOc1ccc2cc(/C=C3/SC(=O)NC3=O)ccc2c1. The second-order valence-electron chi connectivity index (χ2n) is 9.36. The number of benzene rings is 2. The van der Waals surface area contributed by atoms with Gasteiger partial charge in [0.2, 0.25) is 0 Å². The summed E-state index contributed by atoms with van der Waals surface area (Å²) in [6.45, 7) is 0.720. The van der Waals surface area contributed by atoms with Gasteiger partial charge in [-0.1, -0.05) is 82.4 Å². The summed E-state index contributed by atoms with van der Waals surface area (Å²) in [7, 11) is 0. The Morgan fingerprint density at radius 3 is 2.00 bits per heavy atom. The van der Waals surface area contributed by atoms with Crippen LogP contribution in [-0.2, 0) is 9.59 Å². The van der Waals surface area contributed by atoms with Crippen molar-refractivity contribution in [2.24, 2.45) is 0 Å². The third-order valence-electron chi connectivity index (χ3n) is 6.33. The Kier molecular flexibility index (Phi) is 11.8. The first-order valence-electron chi connectivity index (χ1n) is 13.1. The smallest absolute Gasteiger partial charge is 0.303 e. The zero-order valence-electron chi connectivity index (χ0n) is 20.9. The maximum absolute atomic E-state index is 11.7. The molecule has 0 unspecified atom stereocenters. The number of carbonyl (C=O) groups is 3. The first kappa shape index (κ1) is 27.8. The van der Waals surface area contributed by atoms with Gasteiger partial charge in [0.15, 0.2) is 0 Å². The maximum Gasteiger partial charge on any atom is 0.303 e. The summed E-state index contributed by atoms with van der Waals surface area (Å²) in [5.41, 5.74) is 0.886. The van der Waals surface area contributed by atoms with Gasteiger partial charge in [-0.05, 0) is 65.2 Å². The number of imide groups is 1. The summed E-state index contributed by atoms with van der Waals surface area (Å²) in [5, 5.41) is 12.7. The molecule has 2 N–H and O–H groups in total. The van der Waals surface area contributed by atoms with Gasteiger partial charge in [-0.3, -0.25) is 19.7 Å². The number of hydrogen-bond acceptors (Lipinski definition) is 5. The topological polar surface area (TPSA) is 92.7 Å². The van der Waals surface area contributed by atoms with Gasteiger partial charge in [-0.15, -0.1) is 0 Å². The molecule has 0 aromatic heterocycles. The number of nitrogens with one attached hydrogen (secondary N) is 1. The van der Waals surface area contributed by atoms with Gasteiger partial charge in [0.25, 0.3) is 11.1 Å². The van der Waals surface area contributed by atoms with E-state index in [0.29, 0.717) is 11.3 Å². The Morgan fingerprint density at radius 1 is 0.806 bits per heavy atom. The molecule has 1 fully saturated rings. The average molecular weight is 512 g/mol. The molecule has 1 saturated heterocycles. The number of ether oxygens (including phenoxy) is 1. The fraction of sp³-hybridized carbons (Fsp3) is 0.483. The Morgan fingerprint density at radius 2 is 1.39 bits per heavy atom. The van der Waals surface area contributed by atoms with Crippen molar-refractivity contribution < 1.29 is 24.2 Å². The Hall–Kier alpha value is -2.80. The highest BCUT2D eigenvalue weighted by Crippen LogP contribution is 2.28. The lowest BCUT2D eigenvalue weighted by Crippen LogP contribution is -2.17. The number of carboxylic acid groups (broad SMARTS) is 1. The van der Waals surface area contributed by atoms with Crippen molar-refractivity contribution in [2.45, 2.75) is 83.5 Å². The van der Waals surface area contributed by atoms with Gasteiger partial charge in [-0.2, -0.15) is 0 Å². The molecule has 0 saturated carbocycles. The molecular weight excluding hydrogens is 474 g/mol. The molecule has 1 aliphatic heterocycles. The van der Waals surface area contributed by atoms with Crippen LogP contribution in [0.5, 0.6) is 5.75 Å². The largest absolute Gasteiger partial charge is 0.494 e. The van der Waals surface area contributed by atoms with Crippen LogP contribution in [0, 0.1) is 0 Å². The molecule has 3 rings (SSSR count). The molecule has 194 valence electrons. The maximum atomic E-state index is 11.7. The fourth-order valence-corrected chi connectivity index (χ4v) is 5.01. The predicted octanol–water partition coefficient (Wildman–Crippen LogP) is 7.70. The minimum Gasteiger partial charge on any atom is -0.494 e. The highest BCUT2D eigenvalue weighted by Gasteiger charge is 2.24. The molecule has 0 aliphatic carbocycles. The van der Waals surface area contributed by atoms with E-state index >= 15 is 0 Å². The molecule has 1 aliphatic rings. The van der Waals surface area contributed by atoms with Crippen molar-refractivity contribution in [3.63, 3.8) is 0 Å². The van der Waals surface area contributed by atoms with Gasteiger partial charge in [0, 0.05) is 6.42 Å². The van der Waals surface area contributed by atoms with Gasteiger partial charge in [0.05, 0.1) is 11.5 Å². The highest BCUT2D eigenvalue weighted by atomic mass is 32.2. The van der Waals surface area contributed by atoms with Gasteiger partial charge in [-0.25, -0.2) is 0 Å². The molecule has 0 atom stereocenters. The van der Waals surface area contributed by atoms with Gasteiger partial charge in [0.1, 0.15) is 5.75 Å². The van der Waals surface area contributed by atoms with Crippen molar-refractivity contribution in [1.29, 1.82) is 0 Å². The van der Waals surface area contributed by atoms with E-state index in [1.54, 1.807) is 6.08 Å².